The van der Waals surface area contributed by atoms with Gasteiger partial charge >= 0.3 is 0 Å². The van der Waals surface area contributed by atoms with Crippen molar-refractivity contribution in [1.29, 1.82) is 5.26 Å². The lowest BCUT2D eigenvalue weighted by Crippen LogP contribution is -2.31. The first-order chi connectivity index (χ1) is 18.3. The fourth-order valence-corrected chi connectivity index (χ4v) is 5.91. The summed E-state index contributed by atoms with van der Waals surface area (Å²) < 4.78 is 12.7. The number of amides is 1. The minimum Gasteiger partial charge on any atom is -0.454 e. The Kier molecular flexibility index (Phi) is 6.97. The molecule has 0 saturated carbocycles. The molecule has 2 aliphatic rings. The second kappa shape index (κ2) is 10.4. The Labute approximate surface area is 229 Å². The van der Waals surface area contributed by atoms with Crippen molar-refractivity contribution in [1.82, 2.24) is 9.47 Å². The van der Waals surface area contributed by atoms with Gasteiger partial charge in [0.2, 0.25) is 6.79 Å². The summed E-state index contributed by atoms with van der Waals surface area (Å²) in [6, 6.07) is 17.1. The van der Waals surface area contributed by atoms with E-state index in [2.05, 4.69) is 5.32 Å². The third kappa shape index (κ3) is 4.55. The number of benzene rings is 2. The molecule has 192 valence electrons. The largest absolute Gasteiger partial charge is 0.454 e. The summed E-state index contributed by atoms with van der Waals surface area (Å²) in [5, 5.41) is 13.0. The van der Waals surface area contributed by atoms with Gasteiger partial charge in [-0.3, -0.25) is 19.1 Å². The third-order valence-electron chi connectivity index (χ3n) is 6.67. The number of aromatic nitrogens is 1. The van der Waals surface area contributed by atoms with E-state index in [4.69, 9.17) is 21.7 Å². The molecule has 2 aliphatic heterocycles. The predicted octanol–water partition coefficient (Wildman–Crippen LogP) is 4.87. The van der Waals surface area contributed by atoms with E-state index in [0.29, 0.717) is 44.2 Å². The van der Waals surface area contributed by atoms with Crippen molar-refractivity contribution in [3.05, 3.63) is 91.6 Å². The van der Waals surface area contributed by atoms with Crippen molar-refractivity contribution in [2.75, 3.05) is 12.1 Å². The number of carbonyl (C=O) groups is 1. The van der Waals surface area contributed by atoms with Crippen LogP contribution in [0.4, 0.5) is 5.82 Å². The number of thiocarbonyl (C=S) groups is 1. The molecular formula is C28H24N4O4S2. The lowest BCUT2D eigenvalue weighted by Gasteiger charge is -2.23. The molecule has 10 heteroatoms. The van der Waals surface area contributed by atoms with E-state index in [1.807, 2.05) is 61.5 Å². The van der Waals surface area contributed by atoms with Gasteiger partial charge in [-0.25, -0.2) is 0 Å². The van der Waals surface area contributed by atoms with Crippen LogP contribution in [0.3, 0.4) is 0 Å². The number of fused-ring (bicyclic) bond motifs is 1. The molecular weight excluding hydrogens is 520 g/mol. The van der Waals surface area contributed by atoms with Crippen molar-refractivity contribution in [2.24, 2.45) is 7.05 Å². The highest BCUT2D eigenvalue weighted by Gasteiger charge is 2.36. The number of rotatable bonds is 6. The monoisotopic (exact) mass is 544 g/mol. The quantitative estimate of drug-likeness (QED) is 0.347. The van der Waals surface area contributed by atoms with Crippen LogP contribution in [0.1, 0.15) is 40.8 Å². The fraction of sp³-hybridized carbons (Fsp3) is 0.214. The molecule has 2 aromatic carbocycles. The average Bonchev–Trinajstić information content (AvgIpc) is 3.50. The highest BCUT2D eigenvalue weighted by atomic mass is 32.2. The molecule has 0 spiro atoms. The number of thioether (sulfide) groups is 1. The Morgan fingerprint density at radius 3 is 2.66 bits per heavy atom. The molecule has 1 N–H and O–H groups in total. The highest BCUT2D eigenvalue weighted by molar-refractivity contribution is 8.26. The molecule has 1 fully saturated rings. The summed E-state index contributed by atoms with van der Waals surface area (Å²) in [4.78, 5) is 28.5. The van der Waals surface area contributed by atoms with Crippen molar-refractivity contribution >= 4 is 46.1 Å². The Hall–Kier alpha value is -4.07. The van der Waals surface area contributed by atoms with Gasteiger partial charge in [-0.2, -0.15) is 5.26 Å². The minimum atomic E-state index is -0.416. The Bertz CT molecular complexity index is 1590. The number of hydrogen-bond donors (Lipinski definition) is 1. The van der Waals surface area contributed by atoms with Gasteiger partial charge in [-0.1, -0.05) is 60.4 Å². The number of pyridine rings is 1. The summed E-state index contributed by atoms with van der Waals surface area (Å²) in [5.41, 5.74) is 2.57. The number of nitriles is 1. The molecule has 0 bridgehead atoms. The fourth-order valence-electron chi connectivity index (χ4n) is 4.51. The summed E-state index contributed by atoms with van der Waals surface area (Å²) >= 11 is 6.79. The maximum atomic E-state index is 13.5. The second-order valence-corrected chi connectivity index (χ2v) is 10.6. The normalized spacial score (nSPS) is 16.2. The lowest BCUT2D eigenvalue weighted by molar-refractivity contribution is -0.123. The Balaban J connectivity index is 1.51. The Morgan fingerprint density at radius 2 is 1.92 bits per heavy atom. The zero-order chi connectivity index (χ0) is 27.0. The van der Waals surface area contributed by atoms with Crippen LogP contribution in [-0.2, 0) is 18.4 Å². The summed E-state index contributed by atoms with van der Waals surface area (Å²) in [5.74, 6) is 1.61. The van der Waals surface area contributed by atoms with Crippen LogP contribution in [0, 0.1) is 18.3 Å². The summed E-state index contributed by atoms with van der Waals surface area (Å²) in [6.07, 6.45) is 1.72. The van der Waals surface area contributed by atoms with E-state index in [9.17, 15) is 14.9 Å². The van der Waals surface area contributed by atoms with Gasteiger partial charge in [-0.15, -0.1) is 0 Å². The molecule has 5 rings (SSSR count). The van der Waals surface area contributed by atoms with Crippen molar-refractivity contribution in [2.45, 2.75) is 26.4 Å². The first-order valence-corrected chi connectivity index (χ1v) is 13.1. The number of anilines is 1. The first kappa shape index (κ1) is 25.6. The van der Waals surface area contributed by atoms with E-state index in [1.165, 1.54) is 16.3 Å². The second-order valence-electron chi connectivity index (χ2n) is 8.92. The lowest BCUT2D eigenvalue weighted by atomic mass is 10.0. The highest BCUT2D eigenvalue weighted by Crippen LogP contribution is 2.39. The summed E-state index contributed by atoms with van der Waals surface area (Å²) in [6.45, 7) is 4.21. The molecule has 1 amide bonds. The predicted molar refractivity (Wildman–Crippen MR) is 151 cm³/mol. The van der Waals surface area contributed by atoms with E-state index in [1.54, 1.807) is 24.9 Å². The smallest absolute Gasteiger partial charge is 0.270 e. The number of carbonyl (C=O) groups excluding carboxylic acids is 1. The van der Waals surface area contributed by atoms with Crippen LogP contribution in [0.15, 0.2) is 58.2 Å². The van der Waals surface area contributed by atoms with Crippen molar-refractivity contribution in [3.8, 4) is 17.6 Å². The molecule has 0 radical (unpaired) electrons. The zero-order valence-corrected chi connectivity index (χ0v) is 22.6. The molecule has 1 saturated heterocycles. The molecule has 3 heterocycles. The molecule has 1 unspecified atom stereocenters. The number of ether oxygens (including phenoxy) is 2. The van der Waals surface area contributed by atoms with E-state index in [0.717, 1.165) is 11.1 Å². The standard InChI is InChI=1S/C28H24N4O4S2/c1-16-20(12-24-27(34)32(28(37)38-24)17(2)19-7-5-4-6-8-19)25(31(3)26(33)21(16)13-29)30-14-18-9-10-22-23(11-18)36-15-35-22/h4-12,17,30H,14-15H2,1-3H3/b24-12+. The topological polar surface area (TPSA) is 96.6 Å². The maximum absolute atomic E-state index is 13.5. The number of hydrogen-bond acceptors (Lipinski definition) is 8. The molecule has 0 aliphatic carbocycles. The van der Waals surface area contributed by atoms with Gasteiger partial charge in [0.05, 0.1) is 10.9 Å². The van der Waals surface area contributed by atoms with Crippen molar-refractivity contribution < 1.29 is 14.3 Å². The van der Waals surface area contributed by atoms with Crippen LogP contribution in [0.5, 0.6) is 11.5 Å². The van der Waals surface area contributed by atoms with Gasteiger partial charge < -0.3 is 14.8 Å². The summed E-state index contributed by atoms with van der Waals surface area (Å²) in [7, 11) is 1.60. The maximum Gasteiger partial charge on any atom is 0.270 e. The number of nitrogens with one attached hydrogen (secondary N) is 1. The minimum absolute atomic E-state index is 0.0283. The first-order valence-electron chi connectivity index (χ1n) is 11.9. The van der Waals surface area contributed by atoms with Gasteiger partial charge in [0.15, 0.2) is 11.5 Å². The molecule has 3 aromatic rings. The molecule has 8 nitrogen and oxygen atoms in total. The van der Waals surface area contributed by atoms with Crippen LogP contribution < -0.4 is 20.3 Å². The SMILES string of the molecule is Cc1c(/C=C2/SC(=S)N(C(C)c3ccccc3)C2=O)c(NCc2ccc3c(c2)OCO3)n(C)c(=O)c1C#N. The van der Waals surface area contributed by atoms with Gasteiger partial charge in [0, 0.05) is 19.2 Å². The van der Waals surface area contributed by atoms with Gasteiger partial charge in [0.1, 0.15) is 21.8 Å². The number of nitrogens with zero attached hydrogens (tertiary/aromatic N) is 3. The van der Waals surface area contributed by atoms with E-state index < -0.39 is 5.56 Å². The molecule has 1 aromatic heterocycles. The molecule has 1 atom stereocenters. The average molecular weight is 545 g/mol. The zero-order valence-electron chi connectivity index (χ0n) is 21.0. The van der Waals surface area contributed by atoms with Crippen LogP contribution in [-0.4, -0.2) is 26.5 Å². The molecule has 38 heavy (non-hydrogen) atoms. The van der Waals surface area contributed by atoms with E-state index in [-0.39, 0.29) is 24.3 Å². The van der Waals surface area contributed by atoms with Crippen LogP contribution >= 0.6 is 24.0 Å². The van der Waals surface area contributed by atoms with Gasteiger partial charge in [-0.05, 0) is 48.7 Å². The van der Waals surface area contributed by atoms with Crippen LogP contribution in [0.2, 0.25) is 0 Å². The van der Waals surface area contributed by atoms with Crippen molar-refractivity contribution in [3.63, 3.8) is 0 Å². The third-order valence-corrected chi connectivity index (χ3v) is 8.00. The van der Waals surface area contributed by atoms with Gasteiger partial charge in [0.25, 0.3) is 11.5 Å². The van der Waals surface area contributed by atoms with Crippen LogP contribution in [0.25, 0.3) is 6.08 Å². The van der Waals surface area contributed by atoms with E-state index >= 15 is 0 Å². The Morgan fingerprint density at radius 1 is 1.18 bits per heavy atom.